The standard InChI is InChI=1S/C86H60N2/c1-85(2)79-47-57(61-41-63(71-29-13-21-53-17-5-9-25-67(53)71)45-64(42-61)72-30-14-22-54-18-6-10-26-68(54)72)33-37-75(79)77-39-35-59(49-81(77)85)83-51-88-84(52-87-83)60-36-40-78-76-38-34-58(48-80(76)86(3,4)82(78)50-60)62-43-65(73-31-15-23-55-19-7-11-27-69(55)73)46-66(44-62)74-32-16-24-56-20-8-12-28-70(56)74/h5-52H,1-4H3. The monoisotopic (exact) mass is 1120 g/mol. The Morgan fingerprint density at radius 2 is 0.455 bits per heavy atom. The van der Waals surface area contributed by atoms with E-state index in [0.29, 0.717) is 0 Å². The first kappa shape index (κ1) is 51.6. The van der Waals surface area contributed by atoms with Crippen molar-refractivity contribution in [3.63, 3.8) is 0 Å². The molecule has 88 heavy (non-hydrogen) atoms. The quantitative estimate of drug-likeness (QED) is 0.152. The minimum atomic E-state index is -0.257. The molecule has 0 amide bonds. The Morgan fingerprint density at radius 3 is 0.750 bits per heavy atom. The maximum atomic E-state index is 5.15. The van der Waals surface area contributed by atoms with Gasteiger partial charge in [-0.3, -0.25) is 9.97 Å². The van der Waals surface area contributed by atoms with E-state index in [1.807, 2.05) is 12.4 Å². The predicted octanol–water partition coefficient (Wildman–Crippen LogP) is 23.0. The SMILES string of the molecule is CC1(C)c2cc(-c3cc(-c4cccc5ccccc45)cc(-c4cccc5ccccc45)c3)ccc2-c2ccc(-c3cnc(-c4ccc5c(c4)C(C)(C)c4cc(-c6cc(-c7cccc8ccccc78)cc(-c7cccc8ccccc78)c6)ccc4-5)cn3)cc21. The molecule has 1 heterocycles. The van der Waals surface area contributed by atoms with E-state index in [9.17, 15) is 0 Å². The van der Waals surface area contributed by atoms with E-state index in [0.717, 1.165) is 22.5 Å². The van der Waals surface area contributed by atoms with Crippen LogP contribution < -0.4 is 0 Å². The third-order valence-corrected chi connectivity index (χ3v) is 19.5. The van der Waals surface area contributed by atoms with Crippen LogP contribution in [0.15, 0.2) is 291 Å². The Kier molecular flexibility index (Phi) is 11.7. The maximum absolute atomic E-state index is 5.15. The molecule has 0 spiro atoms. The average Bonchev–Trinajstić information content (AvgIpc) is 2.14. The van der Waals surface area contributed by atoms with Crippen molar-refractivity contribution in [1.82, 2.24) is 9.97 Å². The summed E-state index contributed by atoms with van der Waals surface area (Å²) >= 11 is 0. The Balaban J connectivity index is 0.676. The summed E-state index contributed by atoms with van der Waals surface area (Å²) in [5, 5.41) is 9.97. The van der Waals surface area contributed by atoms with Crippen LogP contribution >= 0.6 is 0 Å². The van der Waals surface area contributed by atoms with E-state index in [-0.39, 0.29) is 10.8 Å². The summed E-state index contributed by atoms with van der Waals surface area (Å²) in [6, 6.07) is 104. The normalized spacial score (nSPS) is 13.4. The number of hydrogen-bond acceptors (Lipinski definition) is 2. The summed E-state index contributed by atoms with van der Waals surface area (Å²) in [5.74, 6) is 0. The van der Waals surface area contributed by atoms with Crippen LogP contribution in [0.25, 0.3) is 155 Å². The first-order valence-electron chi connectivity index (χ1n) is 30.7. The van der Waals surface area contributed by atoms with Gasteiger partial charge in [0.05, 0.1) is 23.8 Å². The zero-order chi connectivity index (χ0) is 58.8. The minimum Gasteiger partial charge on any atom is -0.252 e. The van der Waals surface area contributed by atoms with Crippen LogP contribution in [-0.4, -0.2) is 9.97 Å². The number of benzene rings is 14. The minimum absolute atomic E-state index is 0.257. The second-order valence-electron chi connectivity index (χ2n) is 25.3. The molecule has 0 saturated heterocycles. The fourth-order valence-corrected chi connectivity index (χ4v) is 14.9. The third kappa shape index (κ3) is 8.31. The van der Waals surface area contributed by atoms with Gasteiger partial charge < -0.3 is 0 Å². The first-order chi connectivity index (χ1) is 43.1. The topological polar surface area (TPSA) is 25.8 Å². The molecule has 0 unspecified atom stereocenters. The third-order valence-electron chi connectivity index (χ3n) is 19.5. The van der Waals surface area contributed by atoms with Gasteiger partial charge in [0.2, 0.25) is 0 Å². The van der Waals surface area contributed by atoms with Gasteiger partial charge in [0.15, 0.2) is 0 Å². The van der Waals surface area contributed by atoms with Crippen molar-refractivity contribution in [1.29, 1.82) is 0 Å². The molecular formula is C86H60N2. The molecule has 2 aliphatic carbocycles. The Bertz CT molecular complexity index is 4840. The molecule has 0 saturated carbocycles. The predicted molar refractivity (Wildman–Crippen MR) is 371 cm³/mol. The average molecular weight is 1120 g/mol. The molecule has 0 atom stereocenters. The van der Waals surface area contributed by atoms with E-state index in [1.165, 1.54) is 154 Å². The van der Waals surface area contributed by atoms with Crippen molar-refractivity contribution >= 4 is 43.1 Å². The maximum Gasteiger partial charge on any atom is 0.0885 e. The highest BCUT2D eigenvalue weighted by molar-refractivity contribution is 6.04. The lowest BCUT2D eigenvalue weighted by atomic mass is 9.80. The number of nitrogens with zero attached hydrogens (tertiary/aromatic N) is 2. The van der Waals surface area contributed by atoms with Crippen LogP contribution in [0.1, 0.15) is 49.9 Å². The molecule has 414 valence electrons. The zero-order valence-electron chi connectivity index (χ0n) is 49.6. The van der Waals surface area contributed by atoms with Crippen molar-refractivity contribution in [3.8, 4) is 112 Å². The first-order valence-corrected chi connectivity index (χ1v) is 30.7. The lowest BCUT2D eigenvalue weighted by Crippen LogP contribution is -2.15. The summed E-state index contributed by atoms with van der Waals surface area (Å²) in [5.41, 5.74) is 28.3. The van der Waals surface area contributed by atoms with E-state index < -0.39 is 0 Å². The molecule has 0 N–H and O–H groups in total. The van der Waals surface area contributed by atoms with E-state index in [1.54, 1.807) is 0 Å². The molecule has 0 aliphatic heterocycles. The van der Waals surface area contributed by atoms with E-state index in [4.69, 9.17) is 9.97 Å². The van der Waals surface area contributed by atoms with Crippen LogP contribution in [0, 0.1) is 0 Å². The zero-order valence-corrected chi connectivity index (χ0v) is 49.6. The second-order valence-corrected chi connectivity index (χ2v) is 25.3. The van der Waals surface area contributed by atoms with Gasteiger partial charge in [0.1, 0.15) is 0 Å². The van der Waals surface area contributed by atoms with Gasteiger partial charge in [0.25, 0.3) is 0 Å². The lowest BCUT2D eigenvalue weighted by molar-refractivity contribution is 0.660. The molecule has 2 heteroatoms. The molecule has 2 aliphatic rings. The molecule has 1 aromatic heterocycles. The van der Waals surface area contributed by atoms with Crippen LogP contribution in [0.2, 0.25) is 0 Å². The summed E-state index contributed by atoms with van der Waals surface area (Å²) in [6.45, 7) is 9.49. The van der Waals surface area contributed by atoms with Gasteiger partial charge in [0, 0.05) is 22.0 Å². The molecule has 15 aromatic rings. The number of rotatable bonds is 8. The van der Waals surface area contributed by atoms with Gasteiger partial charge >= 0.3 is 0 Å². The van der Waals surface area contributed by atoms with Gasteiger partial charge in [-0.05, 0) is 215 Å². The van der Waals surface area contributed by atoms with Crippen molar-refractivity contribution in [2.45, 2.75) is 38.5 Å². The molecule has 17 rings (SSSR count). The summed E-state index contributed by atoms with van der Waals surface area (Å²) in [6.07, 6.45) is 3.91. The molecule has 0 bridgehead atoms. The summed E-state index contributed by atoms with van der Waals surface area (Å²) in [4.78, 5) is 10.3. The molecule has 14 aromatic carbocycles. The highest BCUT2D eigenvalue weighted by Gasteiger charge is 2.38. The van der Waals surface area contributed by atoms with Crippen molar-refractivity contribution in [2.75, 3.05) is 0 Å². The highest BCUT2D eigenvalue weighted by atomic mass is 14.8. The molecule has 0 fully saturated rings. The highest BCUT2D eigenvalue weighted by Crippen LogP contribution is 2.53. The Hall–Kier alpha value is -10.8. The van der Waals surface area contributed by atoms with Crippen molar-refractivity contribution < 1.29 is 0 Å². The van der Waals surface area contributed by atoms with E-state index >= 15 is 0 Å². The van der Waals surface area contributed by atoms with Crippen LogP contribution in [0.4, 0.5) is 0 Å². The summed E-state index contributed by atoms with van der Waals surface area (Å²) < 4.78 is 0. The van der Waals surface area contributed by atoms with Gasteiger partial charge in [-0.25, -0.2) is 0 Å². The van der Waals surface area contributed by atoms with E-state index in [2.05, 4.69) is 307 Å². The Morgan fingerprint density at radius 1 is 0.205 bits per heavy atom. The van der Waals surface area contributed by atoms with Crippen LogP contribution in [-0.2, 0) is 10.8 Å². The number of fused-ring (bicyclic) bond motifs is 10. The molecule has 0 radical (unpaired) electrons. The van der Waals surface area contributed by atoms with Gasteiger partial charge in [-0.1, -0.05) is 246 Å². The Labute approximate surface area is 513 Å². The fourth-order valence-electron chi connectivity index (χ4n) is 14.9. The smallest absolute Gasteiger partial charge is 0.0885 e. The second kappa shape index (κ2) is 19.9. The molecular weight excluding hydrogens is 1060 g/mol. The number of hydrogen-bond donors (Lipinski definition) is 0. The lowest BCUT2D eigenvalue weighted by Gasteiger charge is -2.23. The largest absolute Gasteiger partial charge is 0.252 e. The van der Waals surface area contributed by atoms with Crippen molar-refractivity contribution in [2.24, 2.45) is 0 Å². The molecule has 2 nitrogen and oxygen atoms in total. The van der Waals surface area contributed by atoms with Gasteiger partial charge in [-0.2, -0.15) is 0 Å². The number of aromatic nitrogens is 2. The van der Waals surface area contributed by atoms with Gasteiger partial charge in [-0.15, -0.1) is 0 Å². The van der Waals surface area contributed by atoms with Crippen LogP contribution in [0.3, 0.4) is 0 Å². The summed E-state index contributed by atoms with van der Waals surface area (Å²) in [7, 11) is 0. The van der Waals surface area contributed by atoms with Crippen LogP contribution in [0.5, 0.6) is 0 Å². The fraction of sp³-hybridized carbons (Fsp3) is 0.0698. The van der Waals surface area contributed by atoms with Crippen molar-refractivity contribution in [3.05, 3.63) is 314 Å².